The molecule has 0 atom stereocenters. The largest absolute Gasteiger partial charge is 0.493 e. The molecule has 0 aliphatic carbocycles. The van der Waals surface area contributed by atoms with Gasteiger partial charge in [-0.05, 0) is 24.3 Å². The van der Waals surface area contributed by atoms with E-state index in [1.54, 1.807) is 42.4 Å². The number of para-hydroxylation sites is 1. The van der Waals surface area contributed by atoms with Crippen molar-refractivity contribution in [2.45, 2.75) is 6.61 Å². The molecule has 0 radical (unpaired) electrons. The Labute approximate surface area is 199 Å². The number of anilines is 1. The molecule has 170 valence electrons. The van der Waals surface area contributed by atoms with Gasteiger partial charge >= 0.3 is 0 Å². The van der Waals surface area contributed by atoms with Crippen molar-refractivity contribution in [3.63, 3.8) is 0 Å². The van der Waals surface area contributed by atoms with Gasteiger partial charge in [0.15, 0.2) is 11.5 Å². The number of amides is 1. The van der Waals surface area contributed by atoms with Gasteiger partial charge in [-0.25, -0.2) is 9.97 Å². The SMILES string of the molecule is COc1ccc(NC(=O)c2cnc(-c3cnn(C)c3)s2)cc1OCc1ccc2ccccc2n1. The lowest BCUT2D eigenvalue weighted by Gasteiger charge is -2.13. The first kappa shape index (κ1) is 21.6. The topological polar surface area (TPSA) is 91.2 Å². The van der Waals surface area contributed by atoms with E-state index >= 15 is 0 Å². The Bertz CT molecular complexity index is 1480. The summed E-state index contributed by atoms with van der Waals surface area (Å²) in [5.41, 5.74) is 3.16. The second kappa shape index (κ2) is 9.32. The van der Waals surface area contributed by atoms with Crippen LogP contribution in [0.15, 0.2) is 73.2 Å². The summed E-state index contributed by atoms with van der Waals surface area (Å²) in [5, 5.41) is 8.86. The fourth-order valence-corrected chi connectivity index (χ4v) is 4.23. The van der Waals surface area contributed by atoms with E-state index < -0.39 is 0 Å². The summed E-state index contributed by atoms with van der Waals surface area (Å²) < 4.78 is 13.1. The lowest BCUT2D eigenvalue weighted by molar-refractivity contribution is 0.103. The highest BCUT2D eigenvalue weighted by molar-refractivity contribution is 7.17. The van der Waals surface area contributed by atoms with Gasteiger partial charge in [0.05, 0.1) is 30.7 Å². The van der Waals surface area contributed by atoms with Crippen molar-refractivity contribution in [3.05, 3.63) is 83.8 Å². The maximum absolute atomic E-state index is 12.8. The van der Waals surface area contributed by atoms with Crippen LogP contribution >= 0.6 is 11.3 Å². The molecule has 0 saturated heterocycles. The third-order valence-electron chi connectivity index (χ3n) is 5.13. The van der Waals surface area contributed by atoms with E-state index in [-0.39, 0.29) is 12.5 Å². The fraction of sp³-hybridized carbons (Fsp3) is 0.120. The molecule has 8 nitrogen and oxygen atoms in total. The highest BCUT2D eigenvalue weighted by Gasteiger charge is 2.15. The number of nitrogens with one attached hydrogen (secondary N) is 1. The van der Waals surface area contributed by atoms with Crippen molar-refractivity contribution in [1.82, 2.24) is 19.7 Å². The zero-order chi connectivity index (χ0) is 23.5. The van der Waals surface area contributed by atoms with Gasteiger partial charge < -0.3 is 14.8 Å². The minimum absolute atomic E-state index is 0.250. The molecule has 1 N–H and O–H groups in total. The van der Waals surface area contributed by atoms with Crippen LogP contribution in [-0.4, -0.2) is 32.8 Å². The Hall–Kier alpha value is -4.24. The van der Waals surface area contributed by atoms with Gasteiger partial charge in [-0.1, -0.05) is 24.3 Å². The minimum atomic E-state index is -0.250. The third-order valence-corrected chi connectivity index (χ3v) is 6.18. The first-order chi connectivity index (χ1) is 16.6. The average Bonchev–Trinajstić information content (AvgIpc) is 3.52. The number of pyridine rings is 1. The molecule has 5 aromatic rings. The van der Waals surface area contributed by atoms with Gasteiger partial charge in [-0.15, -0.1) is 11.3 Å². The van der Waals surface area contributed by atoms with E-state index in [2.05, 4.69) is 20.4 Å². The van der Waals surface area contributed by atoms with Crippen molar-refractivity contribution in [2.75, 3.05) is 12.4 Å². The number of methoxy groups -OCH3 is 1. The van der Waals surface area contributed by atoms with Gasteiger partial charge in [0.1, 0.15) is 16.5 Å². The van der Waals surface area contributed by atoms with Crippen molar-refractivity contribution in [3.8, 4) is 22.1 Å². The average molecular weight is 472 g/mol. The highest BCUT2D eigenvalue weighted by atomic mass is 32.1. The number of benzene rings is 2. The maximum Gasteiger partial charge on any atom is 0.267 e. The Kier molecular flexibility index (Phi) is 5.92. The Morgan fingerprint density at radius 3 is 2.79 bits per heavy atom. The van der Waals surface area contributed by atoms with E-state index in [4.69, 9.17) is 9.47 Å². The first-order valence-electron chi connectivity index (χ1n) is 10.5. The summed E-state index contributed by atoms with van der Waals surface area (Å²) in [7, 11) is 3.41. The standard InChI is InChI=1S/C25H21N5O3S/c1-30-14-17(12-27-30)25-26-13-23(34-25)24(31)29-18-9-10-21(32-2)22(11-18)33-15-19-8-7-16-5-3-4-6-20(16)28-19/h3-14H,15H2,1-2H3,(H,29,31). The Morgan fingerprint density at radius 1 is 1.09 bits per heavy atom. The molecule has 5 rings (SSSR count). The van der Waals surface area contributed by atoms with Crippen LogP contribution in [0.25, 0.3) is 21.5 Å². The van der Waals surface area contributed by atoms with E-state index in [1.165, 1.54) is 11.3 Å². The predicted molar refractivity (Wildman–Crippen MR) is 131 cm³/mol. The Morgan fingerprint density at radius 2 is 1.97 bits per heavy atom. The van der Waals surface area contributed by atoms with E-state index in [9.17, 15) is 4.79 Å². The Balaban J connectivity index is 1.30. The van der Waals surface area contributed by atoms with E-state index in [1.807, 2.05) is 49.6 Å². The summed E-state index contributed by atoms with van der Waals surface area (Å²) in [6, 6.07) is 17.1. The van der Waals surface area contributed by atoms with Crippen LogP contribution in [0.4, 0.5) is 5.69 Å². The van der Waals surface area contributed by atoms with Gasteiger partial charge in [0, 0.05) is 35.9 Å². The molecule has 3 heterocycles. The molecule has 2 aromatic carbocycles. The van der Waals surface area contributed by atoms with Crippen molar-refractivity contribution < 1.29 is 14.3 Å². The van der Waals surface area contributed by atoms with Crippen LogP contribution in [0.3, 0.4) is 0 Å². The molecule has 3 aromatic heterocycles. The third kappa shape index (κ3) is 4.60. The van der Waals surface area contributed by atoms with Crippen molar-refractivity contribution in [2.24, 2.45) is 7.05 Å². The number of carbonyl (C=O) groups excluding carboxylic acids is 1. The molecule has 1 amide bonds. The quantitative estimate of drug-likeness (QED) is 0.362. The predicted octanol–water partition coefficient (Wildman–Crippen LogP) is 4.93. The molecule has 0 spiro atoms. The highest BCUT2D eigenvalue weighted by Crippen LogP contribution is 2.32. The number of aryl methyl sites for hydroxylation is 1. The molecule has 0 fully saturated rings. The lowest BCUT2D eigenvalue weighted by atomic mass is 10.2. The summed E-state index contributed by atoms with van der Waals surface area (Å²) in [5.74, 6) is 0.825. The van der Waals surface area contributed by atoms with Crippen LogP contribution in [0, 0.1) is 0 Å². The second-order valence-electron chi connectivity index (χ2n) is 7.54. The van der Waals surface area contributed by atoms with E-state index in [0.29, 0.717) is 22.1 Å². The molecule has 0 saturated carbocycles. The molecular formula is C25H21N5O3S. The van der Waals surface area contributed by atoms with Crippen LogP contribution < -0.4 is 14.8 Å². The van der Waals surface area contributed by atoms with Gasteiger partial charge in [-0.3, -0.25) is 9.48 Å². The van der Waals surface area contributed by atoms with Crippen molar-refractivity contribution in [1.29, 1.82) is 0 Å². The van der Waals surface area contributed by atoms with Crippen LogP contribution in [0.5, 0.6) is 11.5 Å². The summed E-state index contributed by atoms with van der Waals surface area (Å²) in [4.78, 5) is 22.3. The number of fused-ring (bicyclic) bond motifs is 1. The lowest BCUT2D eigenvalue weighted by Crippen LogP contribution is -2.10. The fourth-order valence-electron chi connectivity index (χ4n) is 3.44. The van der Waals surface area contributed by atoms with Crippen LogP contribution in [0.2, 0.25) is 0 Å². The number of aromatic nitrogens is 4. The second-order valence-corrected chi connectivity index (χ2v) is 8.57. The summed E-state index contributed by atoms with van der Waals surface area (Å²) in [6.07, 6.45) is 5.14. The maximum atomic E-state index is 12.8. The summed E-state index contributed by atoms with van der Waals surface area (Å²) >= 11 is 1.31. The molecule has 9 heteroatoms. The molecule has 0 aliphatic heterocycles. The number of hydrogen-bond donors (Lipinski definition) is 1. The van der Waals surface area contributed by atoms with Gasteiger partial charge in [0.2, 0.25) is 0 Å². The number of ether oxygens (including phenoxy) is 2. The number of nitrogens with zero attached hydrogens (tertiary/aromatic N) is 4. The normalized spacial score (nSPS) is 10.9. The molecular weight excluding hydrogens is 450 g/mol. The van der Waals surface area contributed by atoms with E-state index in [0.717, 1.165) is 27.2 Å². The monoisotopic (exact) mass is 471 g/mol. The number of rotatable bonds is 7. The zero-order valence-electron chi connectivity index (χ0n) is 18.6. The number of hydrogen-bond acceptors (Lipinski definition) is 7. The smallest absolute Gasteiger partial charge is 0.267 e. The minimum Gasteiger partial charge on any atom is -0.493 e. The van der Waals surface area contributed by atoms with Crippen LogP contribution in [0.1, 0.15) is 15.4 Å². The van der Waals surface area contributed by atoms with Gasteiger partial charge in [0.25, 0.3) is 5.91 Å². The molecule has 0 unspecified atom stereocenters. The first-order valence-corrected chi connectivity index (χ1v) is 11.3. The number of thiazole rings is 1. The molecule has 0 aliphatic rings. The summed E-state index contributed by atoms with van der Waals surface area (Å²) in [6.45, 7) is 0.266. The van der Waals surface area contributed by atoms with Gasteiger partial charge in [-0.2, -0.15) is 5.10 Å². The van der Waals surface area contributed by atoms with Crippen LogP contribution in [-0.2, 0) is 13.7 Å². The number of carbonyl (C=O) groups is 1. The molecule has 0 bridgehead atoms. The zero-order valence-corrected chi connectivity index (χ0v) is 19.4. The van der Waals surface area contributed by atoms with Crippen molar-refractivity contribution >= 4 is 33.8 Å². The molecule has 34 heavy (non-hydrogen) atoms.